The second-order valence-corrected chi connectivity index (χ2v) is 14.7. The van der Waals surface area contributed by atoms with Crippen molar-refractivity contribution in [2.45, 2.75) is 24.0 Å². The lowest BCUT2D eigenvalue weighted by atomic mass is 9.84. The zero-order valence-corrected chi connectivity index (χ0v) is 33.6. The molecule has 0 bridgehead atoms. The third-order valence-corrected chi connectivity index (χ3v) is 10.9. The maximum Gasteiger partial charge on any atom is 0.0921 e. The molecular weight excluding hydrogens is 810 g/mol. The highest BCUT2D eigenvalue weighted by atomic mass is 35.5. The van der Waals surface area contributed by atoms with Crippen LogP contribution in [0, 0.1) is 0 Å². The van der Waals surface area contributed by atoms with Gasteiger partial charge in [-0.3, -0.25) is 29.9 Å². The third-order valence-electron chi connectivity index (χ3n) is 9.51. The Kier molecular flexibility index (Phi) is 13.5. The Labute approximate surface area is 355 Å². The summed E-state index contributed by atoms with van der Waals surface area (Å²) in [5.41, 5.74) is 7.31. The summed E-state index contributed by atoms with van der Waals surface area (Å²) >= 11 is 25.3. The van der Waals surface area contributed by atoms with Crippen LogP contribution in [0.2, 0.25) is 20.1 Å². The van der Waals surface area contributed by atoms with Crippen LogP contribution in [0.5, 0.6) is 0 Å². The predicted octanol–water partition coefficient (Wildman–Crippen LogP) is 11.4. The molecule has 12 heteroatoms. The number of aliphatic hydroxyl groups excluding tert-OH is 2. The summed E-state index contributed by atoms with van der Waals surface area (Å²) in [6, 6.07) is 33.0. The molecular formula is C46H34Cl4N6O2. The van der Waals surface area contributed by atoms with Gasteiger partial charge < -0.3 is 10.2 Å². The lowest BCUT2D eigenvalue weighted by Gasteiger charge is -2.25. The molecule has 2 atom stereocenters. The Balaban J connectivity index is 0.000000177. The van der Waals surface area contributed by atoms with Crippen LogP contribution in [-0.4, -0.2) is 40.1 Å². The van der Waals surface area contributed by atoms with Crippen molar-refractivity contribution >= 4 is 46.4 Å². The Morgan fingerprint density at radius 3 is 1.28 bits per heavy atom. The first-order valence-electron chi connectivity index (χ1n) is 18.1. The summed E-state index contributed by atoms with van der Waals surface area (Å²) in [6.45, 7) is 0. The molecule has 0 saturated heterocycles. The van der Waals surface area contributed by atoms with Gasteiger partial charge in [0.1, 0.15) is 0 Å². The average Bonchev–Trinajstić information content (AvgIpc) is 3.27. The van der Waals surface area contributed by atoms with Gasteiger partial charge in [-0.05, 0) is 82.9 Å². The molecule has 0 spiro atoms. The summed E-state index contributed by atoms with van der Waals surface area (Å²) in [4.78, 5) is 25.9. The number of rotatable bonds is 10. The highest BCUT2D eigenvalue weighted by Gasteiger charge is 2.30. The van der Waals surface area contributed by atoms with E-state index >= 15 is 0 Å². The zero-order chi connectivity index (χ0) is 40.4. The van der Waals surface area contributed by atoms with Crippen LogP contribution in [0.15, 0.2) is 171 Å². The lowest BCUT2D eigenvalue weighted by molar-refractivity contribution is 0.159. The van der Waals surface area contributed by atoms with Gasteiger partial charge in [-0.15, -0.1) is 0 Å². The molecule has 8 rings (SSSR count). The average molecular weight is 845 g/mol. The number of hydrogen-bond acceptors (Lipinski definition) is 8. The van der Waals surface area contributed by atoms with Crippen molar-refractivity contribution < 1.29 is 10.2 Å². The quantitative estimate of drug-likeness (QED) is 0.140. The molecule has 58 heavy (non-hydrogen) atoms. The number of benzene rings is 2. The van der Waals surface area contributed by atoms with E-state index in [0.717, 1.165) is 22.3 Å². The monoisotopic (exact) mass is 842 g/mol. The molecule has 0 aliphatic heterocycles. The van der Waals surface area contributed by atoms with Crippen molar-refractivity contribution in [3.8, 4) is 22.5 Å². The van der Waals surface area contributed by atoms with Crippen molar-refractivity contribution in [1.82, 2.24) is 29.9 Å². The minimum Gasteiger partial charge on any atom is -0.387 e. The fourth-order valence-corrected chi connectivity index (χ4v) is 7.61. The molecule has 2 N–H and O–H groups in total. The van der Waals surface area contributed by atoms with E-state index in [9.17, 15) is 10.2 Å². The number of aliphatic hydroxyl groups is 2. The van der Waals surface area contributed by atoms with Crippen LogP contribution in [0.1, 0.15) is 57.4 Å². The van der Waals surface area contributed by atoms with E-state index in [1.165, 1.54) is 0 Å². The van der Waals surface area contributed by atoms with E-state index in [1.807, 2.05) is 72.8 Å². The Morgan fingerprint density at radius 2 is 0.845 bits per heavy atom. The molecule has 0 saturated carbocycles. The minimum atomic E-state index is -0.901. The number of hydrogen-bond donors (Lipinski definition) is 2. The molecule has 0 amide bonds. The normalized spacial score (nSPS) is 12.1. The van der Waals surface area contributed by atoms with E-state index < -0.39 is 12.2 Å². The second-order valence-electron chi connectivity index (χ2n) is 13.1. The van der Waals surface area contributed by atoms with Gasteiger partial charge in [-0.25, -0.2) is 0 Å². The Hall–Kier alpha value is -5.58. The summed E-state index contributed by atoms with van der Waals surface area (Å²) in [7, 11) is 0. The van der Waals surface area contributed by atoms with E-state index in [2.05, 4.69) is 29.9 Å². The van der Waals surface area contributed by atoms with Gasteiger partial charge in [0, 0.05) is 101 Å². The largest absolute Gasteiger partial charge is 0.387 e. The van der Waals surface area contributed by atoms with Gasteiger partial charge >= 0.3 is 0 Å². The van der Waals surface area contributed by atoms with Gasteiger partial charge in [-0.1, -0.05) is 94.9 Å². The van der Waals surface area contributed by atoms with E-state index in [1.54, 1.807) is 98.4 Å². The SMILES string of the molecule is OC(c1cccnc1-c1cc(Cl)ccc1Cl)C(c1cccnc1)c1cccnc1.OC(c1cccnc1-c1cccc(Cl)c1Cl)C(c1cccnc1)c1cccnc1. The lowest BCUT2D eigenvalue weighted by Crippen LogP contribution is -2.14. The highest BCUT2D eigenvalue weighted by Crippen LogP contribution is 2.43. The van der Waals surface area contributed by atoms with Crippen LogP contribution in [0.3, 0.4) is 0 Å². The van der Waals surface area contributed by atoms with E-state index in [0.29, 0.717) is 53.7 Å². The van der Waals surface area contributed by atoms with Crippen LogP contribution < -0.4 is 0 Å². The molecule has 6 heterocycles. The predicted molar refractivity (Wildman–Crippen MR) is 230 cm³/mol. The van der Waals surface area contributed by atoms with Gasteiger partial charge in [0.2, 0.25) is 0 Å². The first-order valence-corrected chi connectivity index (χ1v) is 19.6. The van der Waals surface area contributed by atoms with Crippen molar-refractivity contribution in [3.05, 3.63) is 225 Å². The number of pyridine rings is 6. The van der Waals surface area contributed by atoms with Crippen molar-refractivity contribution in [2.24, 2.45) is 0 Å². The highest BCUT2D eigenvalue weighted by molar-refractivity contribution is 6.43. The zero-order valence-electron chi connectivity index (χ0n) is 30.6. The van der Waals surface area contributed by atoms with Gasteiger partial charge in [0.05, 0.1) is 38.7 Å². The van der Waals surface area contributed by atoms with Crippen molar-refractivity contribution in [2.75, 3.05) is 0 Å². The topological polar surface area (TPSA) is 118 Å². The molecule has 0 radical (unpaired) electrons. The minimum absolute atomic E-state index is 0.377. The molecule has 0 fully saturated rings. The summed E-state index contributed by atoms with van der Waals surface area (Å²) in [5, 5.41) is 24.9. The van der Waals surface area contributed by atoms with Crippen LogP contribution in [0.25, 0.3) is 22.5 Å². The Morgan fingerprint density at radius 1 is 0.414 bits per heavy atom. The van der Waals surface area contributed by atoms with Crippen molar-refractivity contribution in [3.63, 3.8) is 0 Å². The first kappa shape index (κ1) is 40.6. The Bertz CT molecular complexity index is 2370. The second kappa shape index (κ2) is 19.2. The maximum absolute atomic E-state index is 11.5. The van der Waals surface area contributed by atoms with E-state index in [-0.39, 0.29) is 11.8 Å². The molecule has 6 aromatic heterocycles. The standard InChI is InChI=1S/2C23H17Cl2N3O/c24-19-9-1-7-17(21(19)25)22-18(8-4-12-28-22)23(29)20(15-5-2-10-26-13-15)16-6-3-11-27-14-16;24-17-7-8-20(25)19(12-17)22-18(6-3-11-28-22)23(29)21(15-4-1-9-26-13-15)16-5-2-10-27-14-16/h1-14,20,23,29H;1-14,21,23,29H. The van der Waals surface area contributed by atoms with Gasteiger partial charge in [-0.2, -0.15) is 0 Å². The smallest absolute Gasteiger partial charge is 0.0921 e. The number of nitrogens with zero attached hydrogens (tertiary/aromatic N) is 6. The molecule has 0 aliphatic rings. The van der Waals surface area contributed by atoms with E-state index in [4.69, 9.17) is 46.4 Å². The van der Waals surface area contributed by atoms with Crippen LogP contribution in [0.4, 0.5) is 0 Å². The van der Waals surface area contributed by atoms with Crippen molar-refractivity contribution in [1.29, 1.82) is 0 Å². The molecule has 2 unspecified atom stereocenters. The first-order chi connectivity index (χ1) is 28.3. The molecule has 8 aromatic rings. The maximum atomic E-state index is 11.5. The van der Waals surface area contributed by atoms with Gasteiger partial charge in [0.15, 0.2) is 0 Å². The molecule has 0 aliphatic carbocycles. The van der Waals surface area contributed by atoms with Crippen LogP contribution in [-0.2, 0) is 0 Å². The van der Waals surface area contributed by atoms with Gasteiger partial charge in [0.25, 0.3) is 0 Å². The summed E-state index contributed by atoms with van der Waals surface area (Å²) < 4.78 is 0. The summed E-state index contributed by atoms with van der Waals surface area (Å²) in [6.07, 6.45) is 15.4. The fourth-order valence-electron chi connectivity index (χ4n) is 6.84. The third kappa shape index (κ3) is 9.24. The molecule has 2 aromatic carbocycles. The molecule has 8 nitrogen and oxygen atoms in total. The fraction of sp³-hybridized carbons (Fsp3) is 0.0870. The summed E-state index contributed by atoms with van der Waals surface area (Å²) in [5.74, 6) is -0.753. The number of halogens is 4. The van der Waals surface area contributed by atoms with Crippen LogP contribution >= 0.6 is 46.4 Å². The molecule has 288 valence electrons. The number of aromatic nitrogens is 6.